The van der Waals surface area contributed by atoms with Crippen molar-refractivity contribution in [2.75, 3.05) is 23.7 Å². The van der Waals surface area contributed by atoms with Gasteiger partial charge in [-0.15, -0.1) is 0 Å². The summed E-state index contributed by atoms with van der Waals surface area (Å²) >= 11 is 5.91. The first-order valence-corrected chi connectivity index (χ1v) is 10.0. The first kappa shape index (κ1) is 19.4. The number of amides is 1. The van der Waals surface area contributed by atoms with E-state index in [1.807, 2.05) is 0 Å². The molecular formula is C17H19ClN4O4S. The number of nitrogens with one attached hydrogen (secondary N) is 4. The van der Waals surface area contributed by atoms with E-state index < -0.39 is 27.2 Å². The van der Waals surface area contributed by atoms with Gasteiger partial charge in [0.2, 0.25) is 5.91 Å². The van der Waals surface area contributed by atoms with Gasteiger partial charge in [0.15, 0.2) is 5.37 Å². The van der Waals surface area contributed by atoms with Crippen LogP contribution in [0.4, 0.5) is 11.4 Å². The van der Waals surface area contributed by atoms with Gasteiger partial charge in [-0.3, -0.25) is 14.9 Å². The molecule has 3 rings (SSSR count). The SMILES string of the molecule is COc1ccc(NS(=O)(=O)C2NNCC2C(=O)Nc2cccc(Cl)c2)cc1. The van der Waals surface area contributed by atoms with Crippen LogP contribution in [0.3, 0.4) is 0 Å². The second-order valence-corrected chi connectivity index (χ2v) is 8.17. The van der Waals surface area contributed by atoms with Crippen LogP contribution in [0, 0.1) is 5.92 Å². The monoisotopic (exact) mass is 410 g/mol. The lowest BCUT2D eigenvalue weighted by Crippen LogP contribution is -2.45. The van der Waals surface area contributed by atoms with Gasteiger partial charge in [-0.2, -0.15) is 0 Å². The molecule has 1 fully saturated rings. The second kappa shape index (κ2) is 8.13. The third-order valence-corrected chi connectivity index (χ3v) is 5.92. The molecule has 0 aromatic heterocycles. The van der Waals surface area contributed by atoms with E-state index in [0.717, 1.165) is 0 Å². The van der Waals surface area contributed by atoms with E-state index in [4.69, 9.17) is 16.3 Å². The topological polar surface area (TPSA) is 109 Å². The Bertz CT molecular complexity index is 921. The van der Waals surface area contributed by atoms with Crippen LogP contribution in [0.15, 0.2) is 48.5 Å². The number of rotatable bonds is 6. The normalized spacial score (nSPS) is 19.5. The molecule has 1 saturated heterocycles. The predicted molar refractivity (Wildman–Crippen MR) is 104 cm³/mol. The molecule has 0 aliphatic carbocycles. The minimum atomic E-state index is -3.88. The highest BCUT2D eigenvalue weighted by atomic mass is 35.5. The van der Waals surface area contributed by atoms with Gasteiger partial charge in [0.05, 0.1) is 13.0 Å². The fraction of sp³-hybridized carbons (Fsp3) is 0.235. The number of hydrogen-bond acceptors (Lipinski definition) is 6. The Hall–Kier alpha value is -2.33. The summed E-state index contributed by atoms with van der Waals surface area (Å²) in [6.45, 7) is 0.167. The van der Waals surface area contributed by atoms with Crippen LogP contribution < -0.4 is 25.6 Å². The van der Waals surface area contributed by atoms with Crippen molar-refractivity contribution in [2.24, 2.45) is 5.92 Å². The van der Waals surface area contributed by atoms with Gasteiger partial charge in [0, 0.05) is 22.9 Å². The number of sulfonamides is 1. The largest absolute Gasteiger partial charge is 0.497 e. The molecule has 0 saturated carbocycles. The van der Waals surface area contributed by atoms with Gasteiger partial charge >= 0.3 is 0 Å². The first-order chi connectivity index (χ1) is 12.9. The van der Waals surface area contributed by atoms with E-state index in [-0.39, 0.29) is 6.54 Å². The summed E-state index contributed by atoms with van der Waals surface area (Å²) in [6.07, 6.45) is 0. The van der Waals surface area contributed by atoms with Crippen LogP contribution in [0.2, 0.25) is 5.02 Å². The van der Waals surface area contributed by atoms with Gasteiger partial charge in [-0.05, 0) is 42.5 Å². The summed E-state index contributed by atoms with van der Waals surface area (Å²) in [7, 11) is -2.35. The Labute approximate surface area is 162 Å². The molecule has 2 aromatic carbocycles. The summed E-state index contributed by atoms with van der Waals surface area (Å²) in [5.41, 5.74) is 6.26. The Morgan fingerprint density at radius 2 is 1.93 bits per heavy atom. The van der Waals surface area contributed by atoms with Crippen LogP contribution in [0.25, 0.3) is 0 Å². The molecule has 27 heavy (non-hydrogen) atoms. The van der Waals surface area contributed by atoms with Gasteiger partial charge in [0.1, 0.15) is 5.75 Å². The maximum Gasteiger partial charge on any atom is 0.250 e. The Balaban J connectivity index is 1.72. The summed E-state index contributed by atoms with van der Waals surface area (Å²) in [5.74, 6) is -0.656. The van der Waals surface area contributed by atoms with Crippen molar-refractivity contribution >= 4 is 38.9 Å². The lowest BCUT2D eigenvalue weighted by Gasteiger charge is -2.19. The summed E-state index contributed by atoms with van der Waals surface area (Å²) < 4.78 is 33.0. The molecule has 10 heteroatoms. The minimum absolute atomic E-state index is 0.167. The molecule has 2 aromatic rings. The molecule has 4 N–H and O–H groups in total. The van der Waals surface area contributed by atoms with E-state index in [2.05, 4.69) is 20.9 Å². The minimum Gasteiger partial charge on any atom is -0.497 e. The average Bonchev–Trinajstić information content (AvgIpc) is 3.13. The fourth-order valence-corrected chi connectivity index (χ4v) is 4.36. The number of halogens is 1. The molecule has 8 nitrogen and oxygen atoms in total. The molecular weight excluding hydrogens is 392 g/mol. The molecule has 2 atom stereocenters. The second-order valence-electron chi connectivity index (χ2n) is 5.93. The number of ether oxygens (including phenoxy) is 1. The van der Waals surface area contributed by atoms with E-state index in [1.165, 1.54) is 7.11 Å². The zero-order valence-corrected chi connectivity index (χ0v) is 16.0. The first-order valence-electron chi connectivity index (χ1n) is 8.09. The van der Waals surface area contributed by atoms with Gasteiger partial charge < -0.3 is 10.1 Å². The number of methoxy groups -OCH3 is 1. The Morgan fingerprint density at radius 3 is 2.59 bits per heavy atom. The third kappa shape index (κ3) is 4.69. The van der Waals surface area contributed by atoms with Crippen molar-refractivity contribution < 1.29 is 17.9 Å². The van der Waals surface area contributed by atoms with Crippen molar-refractivity contribution in [3.8, 4) is 5.75 Å². The molecule has 144 valence electrons. The van der Waals surface area contributed by atoms with Crippen molar-refractivity contribution in [1.82, 2.24) is 10.9 Å². The molecule has 1 aliphatic heterocycles. The number of hydrazine groups is 1. The quantitative estimate of drug-likeness (QED) is 0.578. The van der Waals surface area contributed by atoms with E-state index in [9.17, 15) is 13.2 Å². The molecule has 1 aliphatic rings. The number of benzene rings is 2. The van der Waals surface area contributed by atoms with Crippen LogP contribution in [-0.2, 0) is 14.8 Å². The number of hydrogen-bond donors (Lipinski definition) is 4. The van der Waals surface area contributed by atoms with Crippen molar-refractivity contribution in [3.05, 3.63) is 53.6 Å². The van der Waals surface area contributed by atoms with Crippen LogP contribution in [0.1, 0.15) is 0 Å². The number of carbonyl (C=O) groups is 1. The maximum absolute atomic E-state index is 12.7. The maximum atomic E-state index is 12.7. The van der Waals surface area contributed by atoms with E-state index >= 15 is 0 Å². The lowest BCUT2D eigenvalue weighted by molar-refractivity contribution is -0.119. The highest BCUT2D eigenvalue weighted by Gasteiger charge is 2.41. The fourth-order valence-electron chi connectivity index (χ4n) is 2.69. The van der Waals surface area contributed by atoms with Gasteiger partial charge in [-0.1, -0.05) is 17.7 Å². The average molecular weight is 411 g/mol. The highest BCUT2D eigenvalue weighted by molar-refractivity contribution is 7.93. The van der Waals surface area contributed by atoms with Crippen molar-refractivity contribution in [3.63, 3.8) is 0 Å². The van der Waals surface area contributed by atoms with Gasteiger partial charge in [0.25, 0.3) is 10.0 Å². The highest BCUT2D eigenvalue weighted by Crippen LogP contribution is 2.22. The Morgan fingerprint density at radius 1 is 1.19 bits per heavy atom. The molecule has 0 bridgehead atoms. The smallest absolute Gasteiger partial charge is 0.250 e. The standard InChI is InChI=1S/C17H19ClN4O4S/c1-26-14-7-5-12(6-8-14)22-27(24,25)17-15(10-19-21-17)16(23)20-13-4-2-3-11(18)9-13/h2-9,15,17,19,21-22H,10H2,1H3,(H,20,23). The zero-order valence-electron chi connectivity index (χ0n) is 14.4. The van der Waals surface area contributed by atoms with Crippen LogP contribution in [0.5, 0.6) is 5.75 Å². The van der Waals surface area contributed by atoms with E-state index in [0.29, 0.717) is 22.1 Å². The van der Waals surface area contributed by atoms with Crippen molar-refractivity contribution in [2.45, 2.75) is 5.37 Å². The zero-order chi connectivity index (χ0) is 19.4. The molecule has 1 heterocycles. The Kier molecular flexibility index (Phi) is 5.85. The lowest BCUT2D eigenvalue weighted by atomic mass is 10.1. The molecule has 0 radical (unpaired) electrons. The molecule has 2 unspecified atom stereocenters. The summed E-state index contributed by atoms with van der Waals surface area (Å²) in [6, 6.07) is 13.1. The van der Waals surface area contributed by atoms with E-state index in [1.54, 1.807) is 48.5 Å². The molecule has 0 spiro atoms. The number of anilines is 2. The third-order valence-electron chi connectivity index (χ3n) is 4.05. The summed E-state index contributed by atoms with van der Waals surface area (Å²) in [4.78, 5) is 12.6. The number of carbonyl (C=O) groups excluding carboxylic acids is 1. The predicted octanol–water partition coefficient (Wildman–Crippen LogP) is 1.78. The van der Waals surface area contributed by atoms with Crippen molar-refractivity contribution in [1.29, 1.82) is 0 Å². The van der Waals surface area contributed by atoms with Gasteiger partial charge in [-0.25, -0.2) is 13.8 Å². The summed E-state index contributed by atoms with van der Waals surface area (Å²) in [5, 5.41) is 2.03. The molecule has 1 amide bonds. The van der Waals surface area contributed by atoms with Crippen LogP contribution >= 0.6 is 11.6 Å². The van der Waals surface area contributed by atoms with Crippen LogP contribution in [-0.4, -0.2) is 33.4 Å².